The largest absolute Gasteiger partial charge is 0.294 e. The highest BCUT2D eigenvalue weighted by Gasteiger charge is 2.16. The fourth-order valence-electron chi connectivity index (χ4n) is 0.661. The molecule has 0 aliphatic heterocycles. The SMILES string of the molecule is C=C1C=CC(=O)C1C. The van der Waals surface area contributed by atoms with Gasteiger partial charge < -0.3 is 0 Å². The van der Waals surface area contributed by atoms with Crippen LogP contribution in [0.15, 0.2) is 24.3 Å². The van der Waals surface area contributed by atoms with Gasteiger partial charge in [0, 0.05) is 5.92 Å². The third-order valence-corrected chi connectivity index (χ3v) is 1.44. The Balaban J connectivity index is 2.84. The molecule has 42 valence electrons. The third-order valence-electron chi connectivity index (χ3n) is 1.44. The number of ketones is 1. The highest BCUT2D eigenvalue weighted by Crippen LogP contribution is 2.17. The van der Waals surface area contributed by atoms with Crippen LogP contribution in [-0.2, 0) is 4.79 Å². The van der Waals surface area contributed by atoms with E-state index in [-0.39, 0.29) is 11.7 Å². The number of hydrogen-bond acceptors (Lipinski definition) is 1. The lowest BCUT2D eigenvalue weighted by molar-refractivity contribution is -0.116. The molecule has 0 heterocycles. The van der Waals surface area contributed by atoms with Crippen LogP contribution in [0, 0.1) is 5.92 Å². The Kier molecular flexibility index (Phi) is 1.05. The number of allylic oxidation sites excluding steroid dienone is 3. The molecule has 1 rings (SSSR count). The molecule has 1 atom stereocenters. The Bertz CT molecular complexity index is 147. The summed E-state index contributed by atoms with van der Waals surface area (Å²) in [5.41, 5.74) is 0.926. The van der Waals surface area contributed by atoms with Gasteiger partial charge in [0.15, 0.2) is 5.78 Å². The molecule has 1 heteroatoms. The van der Waals surface area contributed by atoms with Crippen LogP contribution in [0.4, 0.5) is 0 Å². The van der Waals surface area contributed by atoms with E-state index in [1.807, 2.05) is 6.92 Å². The van der Waals surface area contributed by atoms with E-state index < -0.39 is 0 Å². The molecule has 0 radical (unpaired) electrons. The van der Waals surface area contributed by atoms with Crippen molar-refractivity contribution < 1.29 is 4.79 Å². The summed E-state index contributed by atoms with van der Waals surface area (Å²) in [4.78, 5) is 10.6. The minimum atomic E-state index is 0.0370. The molecule has 0 aromatic carbocycles. The first-order chi connectivity index (χ1) is 3.72. The first-order valence-corrected chi connectivity index (χ1v) is 2.62. The lowest BCUT2D eigenvalue weighted by atomic mass is 10.1. The summed E-state index contributed by atoms with van der Waals surface area (Å²) in [6, 6.07) is 0. The van der Waals surface area contributed by atoms with Crippen molar-refractivity contribution in [3.63, 3.8) is 0 Å². The van der Waals surface area contributed by atoms with Crippen LogP contribution in [0.5, 0.6) is 0 Å². The van der Waals surface area contributed by atoms with Crippen LogP contribution in [0.2, 0.25) is 0 Å². The molecule has 0 aromatic heterocycles. The lowest BCUT2D eigenvalue weighted by Gasteiger charge is -1.96. The summed E-state index contributed by atoms with van der Waals surface area (Å²) in [7, 11) is 0. The van der Waals surface area contributed by atoms with Gasteiger partial charge in [0.05, 0.1) is 0 Å². The molecule has 0 amide bonds. The monoisotopic (exact) mass is 108 g/mol. The Labute approximate surface area is 48.7 Å². The van der Waals surface area contributed by atoms with Gasteiger partial charge in [-0.15, -0.1) is 0 Å². The fraction of sp³-hybridized carbons (Fsp3) is 0.286. The molecule has 0 fully saturated rings. The second kappa shape index (κ2) is 1.58. The van der Waals surface area contributed by atoms with Gasteiger partial charge >= 0.3 is 0 Å². The molecule has 0 saturated heterocycles. The van der Waals surface area contributed by atoms with Crippen molar-refractivity contribution in [2.75, 3.05) is 0 Å². The first kappa shape index (κ1) is 5.29. The quantitative estimate of drug-likeness (QED) is 0.457. The Morgan fingerprint density at radius 3 is 2.38 bits per heavy atom. The van der Waals surface area contributed by atoms with Crippen molar-refractivity contribution in [3.8, 4) is 0 Å². The van der Waals surface area contributed by atoms with Crippen molar-refractivity contribution in [1.29, 1.82) is 0 Å². The van der Waals surface area contributed by atoms with Gasteiger partial charge in [-0.25, -0.2) is 0 Å². The van der Waals surface area contributed by atoms with Gasteiger partial charge in [-0.05, 0) is 11.6 Å². The zero-order valence-corrected chi connectivity index (χ0v) is 4.85. The van der Waals surface area contributed by atoms with Crippen LogP contribution < -0.4 is 0 Å². The normalized spacial score (nSPS) is 27.4. The van der Waals surface area contributed by atoms with Gasteiger partial charge in [0.1, 0.15) is 0 Å². The minimum absolute atomic E-state index is 0.0370. The summed E-state index contributed by atoms with van der Waals surface area (Å²) in [5.74, 6) is 0.213. The molecule has 0 saturated carbocycles. The van der Waals surface area contributed by atoms with Crippen LogP contribution in [-0.4, -0.2) is 5.78 Å². The summed E-state index contributed by atoms with van der Waals surface area (Å²) < 4.78 is 0. The lowest BCUT2D eigenvalue weighted by Crippen LogP contribution is -2.01. The molecule has 1 aliphatic carbocycles. The van der Waals surface area contributed by atoms with Crippen molar-refractivity contribution in [1.82, 2.24) is 0 Å². The van der Waals surface area contributed by atoms with E-state index in [1.165, 1.54) is 0 Å². The highest BCUT2D eigenvalue weighted by atomic mass is 16.1. The van der Waals surface area contributed by atoms with Gasteiger partial charge in [0.2, 0.25) is 0 Å². The predicted octanol–water partition coefficient (Wildman–Crippen LogP) is 1.32. The highest BCUT2D eigenvalue weighted by molar-refractivity contribution is 5.97. The van der Waals surface area contributed by atoms with Gasteiger partial charge in [-0.2, -0.15) is 0 Å². The van der Waals surface area contributed by atoms with Gasteiger partial charge in [-0.3, -0.25) is 4.79 Å². The molecule has 1 unspecified atom stereocenters. The number of hydrogen-bond donors (Lipinski definition) is 0. The van der Waals surface area contributed by atoms with E-state index in [4.69, 9.17) is 0 Å². The molecule has 0 bridgehead atoms. The van der Waals surface area contributed by atoms with E-state index in [9.17, 15) is 4.79 Å². The summed E-state index contributed by atoms with van der Waals surface area (Å²) in [5, 5.41) is 0. The average Bonchev–Trinajstić information content (AvgIpc) is 1.98. The van der Waals surface area contributed by atoms with Gasteiger partial charge in [0.25, 0.3) is 0 Å². The van der Waals surface area contributed by atoms with Gasteiger partial charge in [-0.1, -0.05) is 19.6 Å². The minimum Gasteiger partial charge on any atom is -0.294 e. The second-order valence-electron chi connectivity index (χ2n) is 2.03. The molecule has 1 aliphatic rings. The van der Waals surface area contributed by atoms with Crippen molar-refractivity contribution in [2.45, 2.75) is 6.92 Å². The van der Waals surface area contributed by atoms with E-state index in [0.717, 1.165) is 5.57 Å². The number of rotatable bonds is 0. The maximum atomic E-state index is 10.6. The van der Waals surface area contributed by atoms with Crippen molar-refractivity contribution >= 4 is 5.78 Å². The molecule has 0 aromatic rings. The standard InChI is InChI=1S/C7H8O/c1-5-3-4-7(8)6(5)2/h3-4,6H,1H2,2H3. The molecule has 0 spiro atoms. The Morgan fingerprint density at radius 2 is 2.25 bits per heavy atom. The maximum Gasteiger partial charge on any atom is 0.162 e. The van der Waals surface area contributed by atoms with Crippen LogP contribution in [0.1, 0.15) is 6.92 Å². The van der Waals surface area contributed by atoms with E-state index in [1.54, 1.807) is 12.2 Å². The number of carbonyl (C=O) groups is 1. The molecule has 8 heavy (non-hydrogen) atoms. The Hall–Kier alpha value is -0.850. The van der Waals surface area contributed by atoms with Crippen LogP contribution in [0.3, 0.4) is 0 Å². The molecular formula is C7H8O. The smallest absolute Gasteiger partial charge is 0.162 e. The van der Waals surface area contributed by atoms with E-state index in [0.29, 0.717) is 0 Å². The van der Waals surface area contributed by atoms with E-state index >= 15 is 0 Å². The second-order valence-corrected chi connectivity index (χ2v) is 2.03. The molecule has 1 nitrogen and oxygen atoms in total. The van der Waals surface area contributed by atoms with E-state index in [2.05, 4.69) is 6.58 Å². The summed E-state index contributed by atoms with van der Waals surface area (Å²) >= 11 is 0. The topological polar surface area (TPSA) is 17.1 Å². The van der Waals surface area contributed by atoms with Crippen LogP contribution >= 0.6 is 0 Å². The predicted molar refractivity (Wildman–Crippen MR) is 32.5 cm³/mol. The zero-order valence-electron chi connectivity index (χ0n) is 4.85. The fourth-order valence-corrected chi connectivity index (χ4v) is 0.661. The van der Waals surface area contributed by atoms with Crippen molar-refractivity contribution in [3.05, 3.63) is 24.3 Å². The third kappa shape index (κ3) is 0.601. The Morgan fingerprint density at radius 1 is 1.62 bits per heavy atom. The zero-order chi connectivity index (χ0) is 6.15. The average molecular weight is 108 g/mol. The number of carbonyl (C=O) groups excluding carboxylic acids is 1. The van der Waals surface area contributed by atoms with Crippen LogP contribution in [0.25, 0.3) is 0 Å². The maximum absolute atomic E-state index is 10.6. The first-order valence-electron chi connectivity index (χ1n) is 2.62. The van der Waals surface area contributed by atoms with Crippen molar-refractivity contribution in [2.24, 2.45) is 5.92 Å². The molecule has 0 N–H and O–H groups in total. The summed E-state index contributed by atoms with van der Waals surface area (Å²) in [6.45, 7) is 5.54. The molecular weight excluding hydrogens is 100 g/mol. The summed E-state index contributed by atoms with van der Waals surface area (Å²) in [6.07, 6.45) is 3.35.